The molecular weight excluding hydrogens is 428 g/mol. The van der Waals surface area contributed by atoms with Gasteiger partial charge in [-0.3, -0.25) is 14.3 Å². The fourth-order valence-electron chi connectivity index (χ4n) is 3.43. The average molecular weight is 451 g/mol. The Kier molecular flexibility index (Phi) is 6.59. The molecule has 0 bridgehead atoms. The number of halogens is 2. The van der Waals surface area contributed by atoms with Crippen molar-refractivity contribution in [2.75, 3.05) is 29.4 Å². The topological polar surface area (TPSA) is 95.6 Å². The van der Waals surface area contributed by atoms with Crippen LogP contribution in [0.4, 0.5) is 20.2 Å². The number of carbonyl (C=O) groups is 2. The second-order valence-electron chi connectivity index (χ2n) is 7.58. The maximum absolute atomic E-state index is 13.9. The van der Waals surface area contributed by atoms with Gasteiger partial charge >= 0.3 is 0 Å². The van der Waals surface area contributed by atoms with Gasteiger partial charge in [-0.25, -0.2) is 17.2 Å². The lowest BCUT2D eigenvalue weighted by Gasteiger charge is -2.31. The van der Waals surface area contributed by atoms with E-state index >= 15 is 0 Å². The van der Waals surface area contributed by atoms with Gasteiger partial charge in [0.25, 0.3) is 5.91 Å². The van der Waals surface area contributed by atoms with Gasteiger partial charge in [0, 0.05) is 30.8 Å². The highest BCUT2D eigenvalue weighted by molar-refractivity contribution is 7.92. The van der Waals surface area contributed by atoms with Crippen LogP contribution in [0.5, 0.6) is 0 Å². The van der Waals surface area contributed by atoms with Crippen molar-refractivity contribution in [3.05, 3.63) is 59.2 Å². The summed E-state index contributed by atoms with van der Waals surface area (Å²) in [4.78, 5) is 26.6. The van der Waals surface area contributed by atoms with Gasteiger partial charge in [-0.2, -0.15) is 0 Å². The van der Waals surface area contributed by atoms with E-state index in [1.54, 1.807) is 25.1 Å². The van der Waals surface area contributed by atoms with Gasteiger partial charge in [0.05, 0.1) is 17.5 Å². The van der Waals surface area contributed by atoms with Gasteiger partial charge in [-0.05, 0) is 49.6 Å². The van der Waals surface area contributed by atoms with Crippen molar-refractivity contribution < 1.29 is 26.8 Å². The highest BCUT2D eigenvalue weighted by atomic mass is 32.2. The van der Waals surface area contributed by atoms with Crippen LogP contribution in [0.1, 0.15) is 28.8 Å². The number of anilines is 2. The van der Waals surface area contributed by atoms with E-state index in [1.165, 1.54) is 4.90 Å². The summed E-state index contributed by atoms with van der Waals surface area (Å²) in [6.07, 6.45) is 1.83. The molecule has 2 aromatic rings. The van der Waals surface area contributed by atoms with Crippen LogP contribution in [0.2, 0.25) is 0 Å². The molecule has 1 heterocycles. The fourth-order valence-corrected chi connectivity index (χ4v) is 4.05. The lowest BCUT2D eigenvalue weighted by atomic mass is 9.95. The zero-order chi connectivity index (χ0) is 22.8. The lowest BCUT2D eigenvalue weighted by Crippen LogP contribution is -2.41. The number of hydrogen-bond acceptors (Lipinski definition) is 4. The Hall–Kier alpha value is -3.01. The molecule has 0 aromatic heterocycles. The van der Waals surface area contributed by atoms with Crippen LogP contribution in [-0.2, 0) is 14.8 Å². The van der Waals surface area contributed by atoms with Gasteiger partial charge in [-0.15, -0.1) is 0 Å². The summed E-state index contributed by atoms with van der Waals surface area (Å²) in [7, 11) is -3.46. The van der Waals surface area contributed by atoms with E-state index in [4.69, 9.17) is 0 Å². The third-order valence-electron chi connectivity index (χ3n) is 5.11. The van der Waals surface area contributed by atoms with Crippen LogP contribution in [-0.4, -0.2) is 44.5 Å². The van der Waals surface area contributed by atoms with Crippen LogP contribution in [0, 0.1) is 24.5 Å². The summed E-state index contributed by atoms with van der Waals surface area (Å²) in [5.74, 6) is -2.80. The molecule has 10 heteroatoms. The maximum atomic E-state index is 13.9. The first kappa shape index (κ1) is 22.7. The molecule has 2 amide bonds. The Morgan fingerprint density at radius 2 is 1.74 bits per heavy atom. The number of rotatable bonds is 5. The number of amides is 2. The number of aryl methyl sites for hydroxylation is 1. The Morgan fingerprint density at radius 3 is 2.35 bits per heavy atom. The highest BCUT2D eigenvalue weighted by Gasteiger charge is 2.29. The molecule has 7 nitrogen and oxygen atoms in total. The summed E-state index contributed by atoms with van der Waals surface area (Å²) in [5, 5.41) is 2.78. The molecule has 0 spiro atoms. The van der Waals surface area contributed by atoms with Gasteiger partial charge in [0.1, 0.15) is 11.6 Å². The third-order valence-corrected chi connectivity index (χ3v) is 5.71. The van der Waals surface area contributed by atoms with E-state index in [9.17, 15) is 26.8 Å². The molecule has 0 radical (unpaired) electrons. The van der Waals surface area contributed by atoms with Crippen LogP contribution in [0.3, 0.4) is 0 Å². The Morgan fingerprint density at radius 1 is 1.06 bits per heavy atom. The van der Waals surface area contributed by atoms with Crippen molar-refractivity contribution in [1.82, 2.24) is 4.90 Å². The van der Waals surface area contributed by atoms with Crippen LogP contribution < -0.4 is 10.0 Å². The fraction of sp³-hybridized carbons (Fsp3) is 0.333. The molecule has 0 saturated carbocycles. The minimum atomic E-state index is -3.46. The van der Waals surface area contributed by atoms with Crippen molar-refractivity contribution in [3.63, 3.8) is 0 Å². The SMILES string of the molecule is Cc1ccc(NC(=O)C2CCN(C(=O)c3ccc(F)cc3F)CC2)cc1NS(C)(=O)=O. The molecule has 1 saturated heterocycles. The predicted octanol–water partition coefficient (Wildman–Crippen LogP) is 3.14. The maximum Gasteiger partial charge on any atom is 0.256 e. The van der Waals surface area contributed by atoms with E-state index in [-0.39, 0.29) is 30.5 Å². The number of carbonyl (C=O) groups excluding carboxylic acids is 2. The number of benzene rings is 2. The molecule has 0 aliphatic carbocycles. The number of sulfonamides is 1. The van der Waals surface area contributed by atoms with E-state index < -0.39 is 27.6 Å². The van der Waals surface area contributed by atoms with Crippen LogP contribution in [0.15, 0.2) is 36.4 Å². The van der Waals surface area contributed by atoms with Crippen molar-refractivity contribution in [3.8, 4) is 0 Å². The quantitative estimate of drug-likeness (QED) is 0.730. The number of hydrogen-bond donors (Lipinski definition) is 2. The number of likely N-dealkylation sites (tertiary alicyclic amines) is 1. The zero-order valence-corrected chi connectivity index (χ0v) is 17.9. The molecule has 0 atom stereocenters. The number of nitrogens with one attached hydrogen (secondary N) is 2. The van der Waals surface area contributed by atoms with Gasteiger partial charge < -0.3 is 10.2 Å². The minimum absolute atomic E-state index is 0.199. The molecule has 1 aliphatic rings. The average Bonchev–Trinajstić information content (AvgIpc) is 2.69. The summed E-state index contributed by atoms with van der Waals surface area (Å²) < 4.78 is 52.3. The first-order chi connectivity index (χ1) is 14.5. The first-order valence-electron chi connectivity index (χ1n) is 9.67. The standard InChI is InChI=1S/C21H23F2N3O4S/c1-13-3-5-16(12-19(13)25-31(2,29)30)24-20(27)14-7-9-26(10-8-14)21(28)17-6-4-15(22)11-18(17)23/h3-6,11-12,14,25H,7-10H2,1-2H3,(H,24,27). The van der Waals surface area contributed by atoms with E-state index in [2.05, 4.69) is 10.0 Å². The summed E-state index contributed by atoms with van der Waals surface area (Å²) in [5.41, 5.74) is 1.34. The predicted molar refractivity (Wildman–Crippen MR) is 113 cm³/mol. The molecule has 2 aromatic carbocycles. The van der Waals surface area contributed by atoms with E-state index in [0.717, 1.165) is 18.4 Å². The normalized spacial score (nSPS) is 14.9. The van der Waals surface area contributed by atoms with Crippen molar-refractivity contribution in [1.29, 1.82) is 0 Å². The minimum Gasteiger partial charge on any atom is -0.339 e. The summed E-state index contributed by atoms with van der Waals surface area (Å²) in [6.45, 7) is 2.28. The molecule has 166 valence electrons. The molecule has 1 fully saturated rings. The molecule has 31 heavy (non-hydrogen) atoms. The molecule has 2 N–H and O–H groups in total. The summed E-state index contributed by atoms with van der Waals surface area (Å²) in [6, 6.07) is 7.74. The second-order valence-corrected chi connectivity index (χ2v) is 9.33. The molecule has 3 rings (SSSR count). The van der Waals surface area contributed by atoms with E-state index in [1.807, 2.05) is 0 Å². The van der Waals surface area contributed by atoms with Crippen LogP contribution >= 0.6 is 0 Å². The van der Waals surface area contributed by atoms with Gasteiger partial charge in [-0.1, -0.05) is 6.07 Å². The van der Waals surface area contributed by atoms with E-state index in [0.29, 0.717) is 35.8 Å². The van der Waals surface area contributed by atoms with Gasteiger partial charge in [0.2, 0.25) is 15.9 Å². The smallest absolute Gasteiger partial charge is 0.256 e. The van der Waals surface area contributed by atoms with Crippen molar-refractivity contribution in [2.24, 2.45) is 5.92 Å². The highest BCUT2D eigenvalue weighted by Crippen LogP contribution is 2.25. The zero-order valence-electron chi connectivity index (χ0n) is 17.1. The van der Waals surface area contributed by atoms with Crippen molar-refractivity contribution >= 4 is 33.2 Å². The molecule has 1 aliphatic heterocycles. The van der Waals surface area contributed by atoms with Crippen molar-refractivity contribution in [2.45, 2.75) is 19.8 Å². The second kappa shape index (κ2) is 9.01. The largest absolute Gasteiger partial charge is 0.339 e. The molecular formula is C21H23F2N3O4S. The number of nitrogens with zero attached hydrogens (tertiary/aromatic N) is 1. The first-order valence-corrected chi connectivity index (χ1v) is 11.6. The Bertz CT molecular complexity index is 1110. The Labute approximate surface area is 179 Å². The number of piperidine rings is 1. The molecule has 0 unspecified atom stereocenters. The lowest BCUT2D eigenvalue weighted by molar-refractivity contribution is -0.121. The van der Waals surface area contributed by atoms with Gasteiger partial charge in [0.15, 0.2) is 0 Å². The third kappa shape index (κ3) is 5.78. The Balaban J connectivity index is 1.60. The summed E-state index contributed by atoms with van der Waals surface area (Å²) >= 11 is 0. The monoisotopic (exact) mass is 451 g/mol. The van der Waals surface area contributed by atoms with Crippen LogP contribution in [0.25, 0.3) is 0 Å².